The van der Waals surface area contributed by atoms with Crippen LogP contribution in [0.1, 0.15) is 54.9 Å². The van der Waals surface area contributed by atoms with Gasteiger partial charge in [-0.3, -0.25) is 24.2 Å². The van der Waals surface area contributed by atoms with Crippen LogP contribution in [0.3, 0.4) is 0 Å². The number of amides is 3. The van der Waals surface area contributed by atoms with E-state index in [0.29, 0.717) is 48.8 Å². The topological polar surface area (TPSA) is 136 Å². The Morgan fingerprint density at radius 3 is 2.69 bits per heavy atom. The van der Waals surface area contributed by atoms with Crippen molar-refractivity contribution < 1.29 is 33.4 Å². The number of hydrogen-bond acceptors (Lipinski definition) is 8. The highest BCUT2D eigenvalue weighted by atomic mass is 16.5. The van der Waals surface area contributed by atoms with Crippen LogP contribution >= 0.6 is 0 Å². The first-order valence-electron chi connectivity index (χ1n) is 14.5. The zero-order valence-corrected chi connectivity index (χ0v) is 24.4. The molecule has 11 heteroatoms. The van der Waals surface area contributed by atoms with Crippen molar-refractivity contribution in [2.45, 2.75) is 45.4 Å². The van der Waals surface area contributed by atoms with E-state index in [0.717, 1.165) is 18.4 Å². The maximum atomic E-state index is 13.5. The third-order valence-electron chi connectivity index (χ3n) is 7.57. The molecule has 2 aliphatic rings. The third kappa shape index (κ3) is 8.43. The standard InChI is InChI=1S/C31H40N4O7/c1-3-41-30(39)31(17-22-8-9-22)18-23-10-11-25(40-2)26(16-23)42-20-28(37)33-13-15-35(14-5-7-27(36)34-21-31)29(38)24-6-4-12-32-19-24/h4,6,10-12,16,19,22H,3,5,7-9,13-15,17-18,20-21H2,1-2H3,(H,33,37)(H,34,36). The SMILES string of the molecule is CCOC(=O)C1(CC2CC2)CNC(=O)CCCN(C(=O)c2cccnc2)CCNC(=O)COc2cc(ccc2OC)C1. The lowest BCUT2D eigenvalue weighted by Gasteiger charge is -2.32. The van der Waals surface area contributed by atoms with Gasteiger partial charge in [0, 0.05) is 45.0 Å². The van der Waals surface area contributed by atoms with Crippen LogP contribution in [0.4, 0.5) is 0 Å². The predicted molar refractivity (Wildman–Crippen MR) is 154 cm³/mol. The molecule has 4 rings (SSSR count). The largest absolute Gasteiger partial charge is 0.493 e. The molecule has 0 radical (unpaired) electrons. The summed E-state index contributed by atoms with van der Waals surface area (Å²) in [5, 5.41) is 5.79. The monoisotopic (exact) mass is 580 g/mol. The first-order valence-corrected chi connectivity index (χ1v) is 14.5. The summed E-state index contributed by atoms with van der Waals surface area (Å²) in [6.45, 7) is 2.63. The summed E-state index contributed by atoms with van der Waals surface area (Å²) in [5.41, 5.74) is 0.258. The Morgan fingerprint density at radius 1 is 1.14 bits per heavy atom. The smallest absolute Gasteiger partial charge is 0.314 e. The van der Waals surface area contributed by atoms with Crippen molar-refractivity contribution in [1.29, 1.82) is 0 Å². The maximum Gasteiger partial charge on any atom is 0.314 e. The molecule has 0 saturated heterocycles. The summed E-state index contributed by atoms with van der Waals surface area (Å²) in [5.74, 6) is 0.0501. The van der Waals surface area contributed by atoms with Gasteiger partial charge in [-0.05, 0) is 61.9 Å². The number of methoxy groups -OCH3 is 1. The van der Waals surface area contributed by atoms with Crippen molar-refractivity contribution in [1.82, 2.24) is 20.5 Å². The van der Waals surface area contributed by atoms with Gasteiger partial charge >= 0.3 is 5.97 Å². The quantitative estimate of drug-likeness (QED) is 0.498. The highest BCUT2D eigenvalue weighted by Crippen LogP contribution is 2.43. The summed E-state index contributed by atoms with van der Waals surface area (Å²) in [7, 11) is 1.51. The van der Waals surface area contributed by atoms with Crippen LogP contribution in [-0.4, -0.2) is 80.1 Å². The van der Waals surface area contributed by atoms with E-state index in [1.807, 2.05) is 6.07 Å². The molecule has 3 amide bonds. The average Bonchev–Trinajstić information content (AvgIpc) is 3.81. The number of pyridine rings is 1. The minimum atomic E-state index is -0.968. The number of aromatic nitrogens is 1. The van der Waals surface area contributed by atoms with Crippen LogP contribution in [0.5, 0.6) is 11.5 Å². The van der Waals surface area contributed by atoms with Crippen LogP contribution in [-0.2, 0) is 25.5 Å². The average molecular weight is 581 g/mol. The molecule has 11 nitrogen and oxygen atoms in total. The van der Waals surface area contributed by atoms with Crippen molar-refractivity contribution in [2.75, 3.05) is 46.5 Å². The van der Waals surface area contributed by atoms with Gasteiger partial charge < -0.3 is 29.7 Å². The zero-order chi connectivity index (χ0) is 30.0. The zero-order valence-electron chi connectivity index (χ0n) is 24.4. The number of nitrogens with one attached hydrogen (secondary N) is 2. The predicted octanol–water partition coefficient (Wildman–Crippen LogP) is 2.53. The van der Waals surface area contributed by atoms with Crippen molar-refractivity contribution in [3.05, 3.63) is 53.9 Å². The summed E-state index contributed by atoms with van der Waals surface area (Å²) in [4.78, 5) is 58.0. The molecule has 1 aliphatic carbocycles. The van der Waals surface area contributed by atoms with E-state index in [1.54, 1.807) is 42.3 Å². The van der Waals surface area contributed by atoms with Crippen LogP contribution in [0, 0.1) is 11.3 Å². The number of fused-ring (bicyclic) bond motifs is 2. The summed E-state index contributed by atoms with van der Waals surface area (Å²) >= 11 is 0. The minimum Gasteiger partial charge on any atom is -0.493 e. The second-order valence-electron chi connectivity index (χ2n) is 10.9. The molecule has 0 spiro atoms. The van der Waals surface area contributed by atoms with Gasteiger partial charge in [0.15, 0.2) is 18.1 Å². The lowest BCUT2D eigenvalue weighted by atomic mass is 9.76. The molecule has 1 atom stereocenters. The number of hydrogen-bond donors (Lipinski definition) is 2. The second-order valence-corrected chi connectivity index (χ2v) is 10.9. The number of rotatable bonds is 6. The van der Waals surface area contributed by atoms with Gasteiger partial charge in [0.25, 0.3) is 11.8 Å². The molecule has 2 bridgehead atoms. The Labute approximate surface area is 246 Å². The Kier molecular flexibility index (Phi) is 10.7. The molecule has 1 aromatic carbocycles. The molecule has 1 unspecified atom stereocenters. The molecular weight excluding hydrogens is 540 g/mol. The van der Waals surface area contributed by atoms with Gasteiger partial charge in [-0.25, -0.2) is 0 Å². The van der Waals surface area contributed by atoms with Gasteiger partial charge in [0.05, 0.1) is 24.7 Å². The number of esters is 1. The van der Waals surface area contributed by atoms with Crippen molar-refractivity contribution in [2.24, 2.45) is 11.3 Å². The van der Waals surface area contributed by atoms with Gasteiger partial charge in [-0.1, -0.05) is 18.9 Å². The Hall–Kier alpha value is -4.15. The minimum absolute atomic E-state index is 0.129. The first-order chi connectivity index (χ1) is 20.3. The van der Waals surface area contributed by atoms with E-state index in [4.69, 9.17) is 14.2 Å². The molecule has 226 valence electrons. The molecule has 2 N–H and O–H groups in total. The van der Waals surface area contributed by atoms with Gasteiger partial charge in [-0.15, -0.1) is 0 Å². The summed E-state index contributed by atoms with van der Waals surface area (Å²) in [6, 6.07) is 8.74. The molecule has 2 heterocycles. The van der Waals surface area contributed by atoms with E-state index in [2.05, 4.69) is 15.6 Å². The lowest BCUT2D eigenvalue weighted by Crippen LogP contribution is -2.46. The highest BCUT2D eigenvalue weighted by Gasteiger charge is 2.44. The van der Waals surface area contributed by atoms with Crippen molar-refractivity contribution >= 4 is 23.7 Å². The molecular formula is C31H40N4O7. The highest BCUT2D eigenvalue weighted by molar-refractivity contribution is 5.94. The second kappa shape index (κ2) is 14.7. The lowest BCUT2D eigenvalue weighted by molar-refractivity contribution is -0.156. The molecule has 42 heavy (non-hydrogen) atoms. The fraction of sp³-hybridized carbons (Fsp3) is 0.516. The van der Waals surface area contributed by atoms with Crippen molar-refractivity contribution in [3.8, 4) is 11.5 Å². The first kappa shape index (κ1) is 30.8. The fourth-order valence-corrected chi connectivity index (χ4v) is 5.23. The molecule has 1 saturated carbocycles. The Bertz CT molecular complexity index is 1250. The number of ether oxygens (including phenoxy) is 3. The maximum absolute atomic E-state index is 13.5. The van der Waals surface area contributed by atoms with E-state index >= 15 is 0 Å². The number of carbonyl (C=O) groups is 4. The normalized spacial score (nSPS) is 20.7. The van der Waals surface area contributed by atoms with Crippen LogP contribution in [0.15, 0.2) is 42.7 Å². The Morgan fingerprint density at radius 2 is 1.98 bits per heavy atom. The molecule has 1 fully saturated rings. The van der Waals surface area contributed by atoms with E-state index in [-0.39, 0.29) is 63.0 Å². The van der Waals surface area contributed by atoms with E-state index in [9.17, 15) is 19.2 Å². The van der Waals surface area contributed by atoms with Crippen molar-refractivity contribution in [3.63, 3.8) is 0 Å². The van der Waals surface area contributed by atoms with Gasteiger partial charge in [0.1, 0.15) is 0 Å². The molecule has 1 aliphatic heterocycles. The summed E-state index contributed by atoms with van der Waals surface area (Å²) in [6.07, 6.45) is 6.63. The van der Waals surface area contributed by atoms with Crippen LogP contribution in [0.25, 0.3) is 0 Å². The van der Waals surface area contributed by atoms with Crippen LogP contribution < -0.4 is 20.1 Å². The summed E-state index contributed by atoms with van der Waals surface area (Å²) < 4.78 is 16.8. The Balaban J connectivity index is 1.60. The van der Waals surface area contributed by atoms with Gasteiger partial charge in [0.2, 0.25) is 5.91 Å². The van der Waals surface area contributed by atoms with E-state index < -0.39 is 5.41 Å². The fourth-order valence-electron chi connectivity index (χ4n) is 5.23. The van der Waals surface area contributed by atoms with Crippen LogP contribution in [0.2, 0.25) is 0 Å². The number of nitrogens with zero attached hydrogens (tertiary/aromatic N) is 2. The number of benzene rings is 1. The van der Waals surface area contributed by atoms with E-state index in [1.165, 1.54) is 13.3 Å². The number of carbonyl (C=O) groups excluding carboxylic acids is 4. The third-order valence-corrected chi connectivity index (χ3v) is 7.57. The molecule has 1 aromatic heterocycles. The van der Waals surface area contributed by atoms with Gasteiger partial charge in [-0.2, -0.15) is 0 Å². The molecule has 2 aromatic rings.